The Morgan fingerprint density at radius 2 is 1.89 bits per heavy atom. The van der Waals surface area contributed by atoms with E-state index in [0.717, 1.165) is 32.4 Å². The van der Waals surface area contributed by atoms with E-state index >= 15 is 0 Å². The number of nitrogens with zero attached hydrogens (tertiary/aromatic N) is 1. The molecule has 3 heteroatoms. The zero-order chi connectivity index (χ0) is 12.8. The minimum absolute atomic E-state index is 0.0955. The summed E-state index contributed by atoms with van der Waals surface area (Å²) >= 11 is 0. The van der Waals surface area contributed by atoms with Gasteiger partial charge in [0.05, 0.1) is 0 Å². The molecule has 1 aliphatic rings. The van der Waals surface area contributed by atoms with Crippen LogP contribution in [0.3, 0.4) is 0 Å². The summed E-state index contributed by atoms with van der Waals surface area (Å²) < 4.78 is 0. The zero-order valence-electron chi connectivity index (χ0n) is 11.1. The van der Waals surface area contributed by atoms with Crippen molar-refractivity contribution >= 4 is 6.03 Å². The first-order valence-electron chi connectivity index (χ1n) is 6.85. The number of nitrogens with one attached hydrogen (secondary N) is 1. The zero-order valence-corrected chi connectivity index (χ0v) is 11.1. The summed E-state index contributed by atoms with van der Waals surface area (Å²) in [5.74, 6) is 0. The van der Waals surface area contributed by atoms with Crippen molar-refractivity contribution in [3.63, 3.8) is 0 Å². The van der Waals surface area contributed by atoms with E-state index in [-0.39, 0.29) is 12.1 Å². The summed E-state index contributed by atoms with van der Waals surface area (Å²) in [7, 11) is 0. The van der Waals surface area contributed by atoms with Gasteiger partial charge in [-0.25, -0.2) is 4.79 Å². The van der Waals surface area contributed by atoms with Crippen molar-refractivity contribution in [1.82, 2.24) is 10.2 Å². The molecule has 0 spiro atoms. The van der Waals surface area contributed by atoms with Gasteiger partial charge in [0.1, 0.15) is 0 Å². The van der Waals surface area contributed by atoms with E-state index in [4.69, 9.17) is 0 Å². The third-order valence-electron chi connectivity index (χ3n) is 3.40. The monoisotopic (exact) mass is 246 g/mol. The van der Waals surface area contributed by atoms with Gasteiger partial charge < -0.3 is 10.2 Å². The van der Waals surface area contributed by atoms with Crippen molar-refractivity contribution < 1.29 is 4.79 Å². The van der Waals surface area contributed by atoms with E-state index < -0.39 is 0 Å². The van der Waals surface area contributed by atoms with Crippen LogP contribution < -0.4 is 5.32 Å². The number of rotatable bonds is 3. The van der Waals surface area contributed by atoms with Crippen molar-refractivity contribution in [3.8, 4) is 0 Å². The Kier molecular flexibility index (Phi) is 4.62. The van der Waals surface area contributed by atoms with Gasteiger partial charge >= 0.3 is 6.03 Å². The average Bonchev–Trinajstić information content (AvgIpc) is 2.40. The highest BCUT2D eigenvalue weighted by atomic mass is 16.2. The molecule has 98 valence electrons. The molecule has 1 fully saturated rings. The third kappa shape index (κ3) is 3.76. The molecule has 0 radical (unpaired) electrons. The largest absolute Gasteiger partial charge is 0.335 e. The van der Waals surface area contributed by atoms with Crippen LogP contribution in [0.25, 0.3) is 0 Å². The molecule has 3 nitrogen and oxygen atoms in total. The van der Waals surface area contributed by atoms with Crippen LogP contribution in [0.2, 0.25) is 0 Å². The minimum Gasteiger partial charge on any atom is -0.335 e. The quantitative estimate of drug-likeness (QED) is 0.874. The van der Waals surface area contributed by atoms with E-state index in [2.05, 4.69) is 24.4 Å². The van der Waals surface area contributed by atoms with Crippen molar-refractivity contribution in [3.05, 3.63) is 35.9 Å². The van der Waals surface area contributed by atoms with E-state index in [0.29, 0.717) is 0 Å². The van der Waals surface area contributed by atoms with Crippen LogP contribution in [-0.2, 0) is 6.42 Å². The van der Waals surface area contributed by atoms with Crippen LogP contribution in [0.5, 0.6) is 0 Å². The highest BCUT2D eigenvalue weighted by Gasteiger charge is 2.17. The molecule has 18 heavy (non-hydrogen) atoms. The van der Waals surface area contributed by atoms with Gasteiger partial charge in [-0.15, -0.1) is 0 Å². The number of likely N-dealkylation sites (tertiary alicyclic amines) is 1. The fourth-order valence-electron chi connectivity index (χ4n) is 2.42. The standard InChI is InChI=1S/C15H22N2O/c1-13(12-14-8-4-2-5-9-14)16-15(18)17-10-6-3-7-11-17/h2,4-5,8-9,13H,3,6-7,10-12H2,1H3,(H,16,18). The van der Waals surface area contributed by atoms with E-state index in [1.807, 2.05) is 23.1 Å². The Morgan fingerprint density at radius 3 is 2.56 bits per heavy atom. The van der Waals surface area contributed by atoms with Crippen LogP contribution in [-0.4, -0.2) is 30.1 Å². The minimum atomic E-state index is 0.0955. The molecule has 1 aromatic carbocycles. The maximum absolute atomic E-state index is 12.0. The summed E-state index contributed by atoms with van der Waals surface area (Å²) in [5.41, 5.74) is 1.27. The summed E-state index contributed by atoms with van der Waals surface area (Å²) in [6.45, 7) is 3.88. The number of hydrogen-bond acceptors (Lipinski definition) is 1. The molecule has 0 aliphatic carbocycles. The topological polar surface area (TPSA) is 32.3 Å². The van der Waals surface area contributed by atoms with Gasteiger partial charge in [0.15, 0.2) is 0 Å². The molecule has 1 unspecified atom stereocenters. The van der Waals surface area contributed by atoms with Crippen molar-refractivity contribution in [2.75, 3.05) is 13.1 Å². The summed E-state index contributed by atoms with van der Waals surface area (Å²) in [6.07, 6.45) is 4.42. The summed E-state index contributed by atoms with van der Waals surface area (Å²) in [5, 5.41) is 3.09. The SMILES string of the molecule is CC(Cc1ccccc1)NC(=O)N1CCCCC1. The first kappa shape index (κ1) is 12.9. The molecule has 1 atom stereocenters. The molecular weight excluding hydrogens is 224 g/mol. The van der Waals surface area contributed by atoms with Gasteiger partial charge in [-0.1, -0.05) is 30.3 Å². The third-order valence-corrected chi connectivity index (χ3v) is 3.40. The van der Waals surface area contributed by atoms with Crippen LogP contribution in [0, 0.1) is 0 Å². The lowest BCUT2D eigenvalue weighted by Crippen LogP contribution is -2.46. The lowest BCUT2D eigenvalue weighted by atomic mass is 10.1. The Hall–Kier alpha value is -1.51. The molecule has 1 aromatic rings. The summed E-state index contributed by atoms with van der Waals surface area (Å²) in [4.78, 5) is 13.9. The van der Waals surface area contributed by atoms with Crippen LogP contribution in [0.1, 0.15) is 31.7 Å². The Morgan fingerprint density at radius 1 is 1.22 bits per heavy atom. The average molecular weight is 246 g/mol. The van der Waals surface area contributed by atoms with Crippen LogP contribution >= 0.6 is 0 Å². The number of benzene rings is 1. The number of urea groups is 1. The van der Waals surface area contributed by atoms with E-state index in [9.17, 15) is 4.79 Å². The van der Waals surface area contributed by atoms with E-state index in [1.54, 1.807) is 0 Å². The Labute approximate surface area is 109 Å². The second kappa shape index (κ2) is 6.43. The number of hydrogen-bond donors (Lipinski definition) is 1. The normalized spacial score (nSPS) is 17.3. The molecule has 0 aromatic heterocycles. The lowest BCUT2D eigenvalue weighted by molar-refractivity contribution is 0.183. The highest BCUT2D eigenvalue weighted by molar-refractivity contribution is 5.74. The maximum atomic E-state index is 12.0. The number of amides is 2. The Bertz CT molecular complexity index is 371. The smallest absolute Gasteiger partial charge is 0.317 e. The molecule has 1 aliphatic heterocycles. The van der Waals surface area contributed by atoms with Gasteiger partial charge in [0, 0.05) is 19.1 Å². The van der Waals surface area contributed by atoms with Gasteiger partial charge in [-0.2, -0.15) is 0 Å². The first-order chi connectivity index (χ1) is 8.75. The molecule has 1 saturated heterocycles. The molecule has 2 amide bonds. The predicted octanol–water partition coefficient (Wildman–Crippen LogP) is 2.81. The fourth-order valence-corrected chi connectivity index (χ4v) is 2.42. The molecule has 1 N–H and O–H groups in total. The second-order valence-electron chi connectivity index (χ2n) is 5.09. The molecular formula is C15H22N2O. The first-order valence-corrected chi connectivity index (χ1v) is 6.85. The second-order valence-corrected chi connectivity index (χ2v) is 5.09. The van der Waals surface area contributed by atoms with Gasteiger partial charge in [0.2, 0.25) is 0 Å². The maximum Gasteiger partial charge on any atom is 0.317 e. The van der Waals surface area contributed by atoms with Crippen molar-refractivity contribution in [2.45, 2.75) is 38.6 Å². The molecule has 1 heterocycles. The highest BCUT2D eigenvalue weighted by Crippen LogP contribution is 2.09. The predicted molar refractivity (Wildman–Crippen MR) is 73.6 cm³/mol. The molecule has 0 saturated carbocycles. The molecule has 2 rings (SSSR count). The van der Waals surface area contributed by atoms with Crippen LogP contribution in [0.15, 0.2) is 30.3 Å². The summed E-state index contributed by atoms with van der Waals surface area (Å²) in [6, 6.07) is 10.6. The fraction of sp³-hybridized carbons (Fsp3) is 0.533. The van der Waals surface area contributed by atoms with Crippen LogP contribution in [0.4, 0.5) is 4.79 Å². The Balaban J connectivity index is 1.79. The molecule has 0 bridgehead atoms. The van der Waals surface area contributed by atoms with Crippen molar-refractivity contribution in [1.29, 1.82) is 0 Å². The van der Waals surface area contributed by atoms with Crippen molar-refractivity contribution in [2.24, 2.45) is 0 Å². The number of carbonyl (C=O) groups is 1. The number of carbonyl (C=O) groups excluding carboxylic acids is 1. The van der Waals surface area contributed by atoms with Gasteiger partial charge in [-0.3, -0.25) is 0 Å². The van der Waals surface area contributed by atoms with E-state index in [1.165, 1.54) is 12.0 Å². The lowest BCUT2D eigenvalue weighted by Gasteiger charge is -2.28. The van der Waals surface area contributed by atoms with Gasteiger partial charge in [-0.05, 0) is 38.2 Å². The van der Waals surface area contributed by atoms with Gasteiger partial charge in [0.25, 0.3) is 0 Å². The number of piperidine rings is 1.